The average molecular weight is 221 g/mol. The molecule has 1 aliphatic rings. The molecule has 1 atom stereocenters. The second-order valence-corrected chi connectivity index (χ2v) is 4.04. The molecule has 1 heterocycles. The fourth-order valence-corrected chi connectivity index (χ4v) is 1.99. The molecular formula is C13H19NO2. The summed E-state index contributed by atoms with van der Waals surface area (Å²) in [6, 6.07) is 6.66. The Labute approximate surface area is 96.8 Å². The van der Waals surface area contributed by atoms with Gasteiger partial charge in [-0.1, -0.05) is 12.1 Å². The number of hydrogen-bond acceptors (Lipinski definition) is 3. The van der Waals surface area contributed by atoms with Gasteiger partial charge in [-0.2, -0.15) is 0 Å². The third-order valence-corrected chi connectivity index (χ3v) is 2.82. The summed E-state index contributed by atoms with van der Waals surface area (Å²) in [7, 11) is 0. The molecule has 0 bridgehead atoms. The van der Waals surface area contributed by atoms with Crippen molar-refractivity contribution in [1.82, 2.24) is 5.32 Å². The lowest BCUT2D eigenvalue weighted by Gasteiger charge is -2.24. The van der Waals surface area contributed by atoms with E-state index in [0.717, 1.165) is 25.5 Å². The van der Waals surface area contributed by atoms with Crippen LogP contribution in [0.5, 0.6) is 5.75 Å². The van der Waals surface area contributed by atoms with E-state index in [-0.39, 0.29) is 0 Å². The van der Waals surface area contributed by atoms with E-state index in [0.29, 0.717) is 12.6 Å². The molecule has 2 rings (SSSR count). The van der Waals surface area contributed by atoms with E-state index in [4.69, 9.17) is 9.47 Å². The van der Waals surface area contributed by atoms with Gasteiger partial charge in [-0.25, -0.2) is 0 Å². The number of ether oxygens (including phenoxy) is 2. The van der Waals surface area contributed by atoms with Gasteiger partial charge in [-0.3, -0.25) is 0 Å². The van der Waals surface area contributed by atoms with E-state index in [1.165, 1.54) is 11.1 Å². The van der Waals surface area contributed by atoms with Gasteiger partial charge >= 0.3 is 0 Å². The standard InChI is InChI=1S/C13H19NO2/c1-3-16-13-5-4-11(8-10(13)2)12-9-15-7-6-14-12/h4-5,8,12,14H,3,6-7,9H2,1-2H3. The molecule has 0 saturated carbocycles. The molecule has 16 heavy (non-hydrogen) atoms. The summed E-state index contributed by atoms with van der Waals surface area (Å²) in [5.74, 6) is 0.975. The largest absolute Gasteiger partial charge is 0.494 e. The van der Waals surface area contributed by atoms with Crippen molar-refractivity contribution in [1.29, 1.82) is 0 Å². The molecule has 1 aromatic carbocycles. The maximum absolute atomic E-state index is 5.53. The molecule has 1 saturated heterocycles. The van der Waals surface area contributed by atoms with Crippen LogP contribution in [0.15, 0.2) is 18.2 Å². The molecule has 0 aliphatic carbocycles. The normalized spacial score (nSPS) is 20.8. The first-order chi connectivity index (χ1) is 7.81. The molecule has 1 aromatic rings. The monoisotopic (exact) mass is 221 g/mol. The highest BCUT2D eigenvalue weighted by Crippen LogP contribution is 2.23. The second kappa shape index (κ2) is 5.32. The number of benzene rings is 1. The van der Waals surface area contributed by atoms with Crippen molar-refractivity contribution < 1.29 is 9.47 Å². The maximum atomic E-state index is 5.53. The first-order valence-electron chi connectivity index (χ1n) is 5.85. The van der Waals surface area contributed by atoms with Crippen LogP contribution in [0, 0.1) is 6.92 Å². The minimum Gasteiger partial charge on any atom is -0.494 e. The van der Waals surface area contributed by atoms with Gasteiger partial charge in [-0.15, -0.1) is 0 Å². The molecule has 0 spiro atoms. The summed E-state index contributed by atoms with van der Waals surface area (Å²) < 4.78 is 11.0. The number of morpholine rings is 1. The van der Waals surface area contributed by atoms with Crippen LogP contribution in [0.2, 0.25) is 0 Å². The van der Waals surface area contributed by atoms with Crippen LogP contribution < -0.4 is 10.1 Å². The van der Waals surface area contributed by atoms with E-state index in [1.54, 1.807) is 0 Å². The minimum absolute atomic E-state index is 0.322. The summed E-state index contributed by atoms with van der Waals surface area (Å²) in [6.45, 7) is 7.30. The predicted octanol–water partition coefficient (Wildman–Crippen LogP) is 2.05. The zero-order valence-corrected chi connectivity index (χ0v) is 9.95. The highest BCUT2D eigenvalue weighted by Gasteiger charge is 2.15. The topological polar surface area (TPSA) is 30.5 Å². The van der Waals surface area contributed by atoms with Crippen molar-refractivity contribution in [3.05, 3.63) is 29.3 Å². The summed E-state index contributed by atoms with van der Waals surface area (Å²) >= 11 is 0. The molecule has 1 aliphatic heterocycles. The zero-order chi connectivity index (χ0) is 11.4. The van der Waals surface area contributed by atoms with Crippen LogP contribution in [-0.2, 0) is 4.74 Å². The third kappa shape index (κ3) is 2.54. The SMILES string of the molecule is CCOc1ccc(C2COCCN2)cc1C. The molecule has 0 aromatic heterocycles. The predicted molar refractivity (Wildman–Crippen MR) is 63.9 cm³/mol. The lowest BCUT2D eigenvalue weighted by Crippen LogP contribution is -2.34. The molecule has 1 fully saturated rings. The third-order valence-electron chi connectivity index (χ3n) is 2.82. The number of rotatable bonds is 3. The Morgan fingerprint density at radius 1 is 1.50 bits per heavy atom. The Morgan fingerprint density at radius 3 is 3.00 bits per heavy atom. The summed E-state index contributed by atoms with van der Waals surface area (Å²) in [5.41, 5.74) is 2.47. The zero-order valence-electron chi connectivity index (χ0n) is 9.95. The van der Waals surface area contributed by atoms with E-state index in [9.17, 15) is 0 Å². The van der Waals surface area contributed by atoms with Crippen molar-refractivity contribution in [2.24, 2.45) is 0 Å². The molecule has 0 amide bonds. The van der Waals surface area contributed by atoms with E-state index in [2.05, 4.69) is 24.4 Å². The Kier molecular flexibility index (Phi) is 3.80. The van der Waals surface area contributed by atoms with Gasteiger partial charge in [0.2, 0.25) is 0 Å². The minimum atomic E-state index is 0.322. The quantitative estimate of drug-likeness (QED) is 0.847. The van der Waals surface area contributed by atoms with Crippen LogP contribution >= 0.6 is 0 Å². The molecule has 88 valence electrons. The van der Waals surface area contributed by atoms with Crippen LogP contribution in [-0.4, -0.2) is 26.4 Å². The van der Waals surface area contributed by atoms with Crippen LogP contribution in [0.4, 0.5) is 0 Å². The molecular weight excluding hydrogens is 202 g/mol. The Balaban J connectivity index is 2.13. The first kappa shape index (κ1) is 11.4. The van der Waals surface area contributed by atoms with Crippen LogP contribution in [0.1, 0.15) is 24.1 Å². The highest BCUT2D eigenvalue weighted by molar-refractivity contribution is 5.37. The van der Waals surface area contributed by atoms with E-state index < -0.39 is 0 Å². The Bertz CT molecular complexity index is 346. The Hall–Kier alpha value is -1.06. The molecule has 0 radical (unpaired) electrons. The number of aryl methyl sites for hydroxylation is 1. The van der Waals surface area contributed by atoms with Crippen molar-refractivity contribution in [2.75, 3.05) is 26.4 Å². The van der Waals surface area contributed by atoms with Crippen molar-refractivity contribution >= 4 is 0 Å². The molecule has 3 nitrogen and oxygen atoms in total. The summed E-state index contributed by atoms with van der Waals surface area (Å²) in [4.78, 5) is 0. The average Bonchev–Trinajstić information content (AvgIpc) is 2.33. The summed E-state index contributed by atoms with van der Waals surface area (Å²) in [5, 5.41) is 3.45. The van der Waals surface area contributed by atoms with Gasteiger partial charge in [0.1, 0.15) is 5.75 Å². The lowest BCUT2D eigenvalue weighted by atomic mass is 10.0. The maximum Gasteiger partial charge on any atom is 0.122 e. The van der Waals surface area contributed by atoms with E-state index >= 15 is 0 Å². The Morgan fingerprint density at radius 2 is 2.38 bits per heavy atom. The van der Waals surface area contributed by atoms with Gasteiger partial charge in [0.05, 0.1) is 25.9 Å². The van der Waals surface area contributed by atoms with Crippen LogP contribution in [0.25, 0.3) is 0 Å². The molecule has 1 N–H and O–H groups in total. The lowest BCUT2D eigenvalue weighted by molar-refractivity contribution is 0.0768. The van der Waals surface area contributed by atoms with Crippen LogP contribution in [0.3, 0.4) is 0 Å². The first-order valence-corrected chi connectivity index (χ1v) is 5.85. The van der Waals surface area contributed by atoms with Gasteiger partial charge in [0.15, 0.2) is 0 Å². The fraction of sp³-hybridized carbons (Fsp3) is 0.538. The second-order valence-electron chi connectivity index (χ2n) is 4.04. The van der Waals surface area contributed by atoms with Gasteiger partial charge < -0.3 is 14.8 Å². The molecule has 1 unspecified atom stereocenters. The van der Waals surface area contributed by atoms with Gasteiger partial charge in [0.25, 0.3) is 0 Å². The molecule has 3 heteroatoms. The van der Waals surface area contributed by atoms with Crippen molar-refractivity contribution in [3.63, 3.8) is 0 Å². The fourth-order valence-electron chi connectivity index (χ4n) is 1.99. The van der Waals surface area contributed by atoms with E-state index in [1.807, 2.05) is 13.0 Å². The number of hydrogen-bond donors (Lipinski definition) is 1. The van der Waals surface area contributed by atoms with Crippen molar-refractivity contribution in [2.45, 2.75) is 19.9 Å². The highest BCUT2D eigenvalue weighted by atomic mass is 16.5. The smallest absolute Gasteiger partial charge is 0.122 e. The van der Waals surface area contributed by atoms with Crippen molar-refractivity contribution in [3.8, 4) is 5.75 Å². The van der Waals surface area contributed by atoms with Gasteiger partial charge in [-0.05, 0) is 31.0 Å². The van der Waals surface area contributed by atoms with Gasteiger partial charge in [0, 0.05) is 6.54 Å². The summed E-state index contributed by atoms with van der Waals surface area (Å²) in [6.07, 6.45) is 0. The number of nitrogens with one attached hydrogen (secondary N) is 1.